The lowest BCUT2D eigenvalue weighted by molar-refractivity contribution is -0.121. The van der Waals surface area contributed by atoms with E-state index in [0.717, 1.165) is 6.42 Å². The van der Waals surface area contributed by atoms with Crippen molar-refractivity contribution in [3.8, 4) is 0 Å². The summed E-state index contributed by atoms with van der Waals surface area (Å²) >= 11 is 1.69. The lowest BCUT2D eigenvalue weighted by Gasteiger charge is -2.21. The van der Waals surface area contributed by atoms with Crippen LogP contribution in [-0.4, -0.2) is 16.4 Å². The van der Waals surface area contributed by atoms with Crippen LogP contribution >= 0.6 is 11.8 Å². The molecule has 1 amide bonds. The van der Waals surface area contributed by atoms with Gasteiger partial charge in [-0.2, -0.15) is 0 Å². The number of hydrogen-bond donors (Lipinski definition) is 2. The van der Waals surface area contributed by atoms with Gasteiger partial charge in [0.15, 0.2) is 0 Å². The van der Waals surface area contributed by atoms with E-state index in [1.807, 2.05) is 13.8 Å². The molecule has 0 radical (unpaired) electrons. The quantitative estimate of drug-likeness (QED) is 0.406. The molecule has 4 heteroatoms. The SMILES string of the molecule is CCC(C)SC(C(=O)NN)C(C)C. The molecule has 0 aliphatic carbocycles. The average molecular weight is 204 g/mol. The molecule has 0 aliphatic heterocycles. The molecular formula is C9H20N2OS. The van der Waals surface area contributed by atoms with E-state index in [2.05, 4.69) is 19.3 Å². The molecule has 0 spiro atoms. The second kappa shape index (κ2) is 6.27. The van der Waals surface area contributed by atoms with E-state index in [1.165, 1.54) is 0 Å². The van der Waals surface area contributed by atoms with Gasteiger partial charge in [0, 0.05) is 5.25 Å². The van der Waals surface area contributed by atoms with Gasteiger partial charge < -0.3 is 0 Å². The van der Waals surface area contributed by atoms with Gasteiger partial charge in [-0.05, 0) is 12.3 Å². The standard InChI is InChI=1S/C9H20N2OS/c1-5-7(4)13-8(6(2)3)9(12)11-10/h6-8H,5,10H2,1-4H3,(H,11,12). The topological polar surface area (TPSA) is 55.1 Å². The number of nitrogens with two attached hydrogens (primary N) is 1. The number of amides is 1. The number of thioether (sulfide) groups is 1. The molecule has 0 fully saturated rings. The van der Waals surface area contributed by atoms with E-state index >= 15 is 0 Å². The zero-order valence-electron chi connectivity index (χ0n) is 8.83. The second-order valence-corrected chi connectivity index (χ2v) is 5.11. The van der Waals surface area contributed by atoms with Crippen LogP contribution in [0.3, 0.4) is 0 Å². The first kappa shape index (κ1) is 12.8. The molecule has 0 rings (SSSR count). The number of hydrazine groups is 1. The molecule has 0 saturated heterocycles. The third-order valence-electron chi connectivity index (χ3n) is 1.96. The van der Waals surface area contributed by atoms with Crippen LogP contribution in [0.5, 0.6) is 0 Å². The minimum Gasteiger partial charge on any atom is -0.293 e. The fourth-order valence-corrected chi connectivity index (χ4v) is 2.15. The maximum atomic E-state index is 11.3. The van der Waals surface area contributed by atoms with E-state index in [1.54, 1.807) is 11.8 Å². The van der Waals surface area contributed by atoms with Gasteiger partial charge >= 0.3 is 0 Å². The van der Waals surface area contributed by atoms with Crippen LogP contribution in [0.2, 0.25) is 0 Å². The minimum atomic E-state index is -0.0692. The third kappa shape index (κ3) is 4.52. The summed E-state index contributed by atoms with van der Waals surface area (Å²) in [5.74, 6) is 5.37. The molecule has 78 valence electrons. The van der Waals surface area contributed by atoms with E-state index < -0.39 is 0 Å². The predicted molar refractivity (Wildman–Crippen MR) is 58.3 cm³/mol. The van der Waals surface area contributed by atoms with Gasteiger partial charge in [0.05, 0.1) is 5.25 Å². The molecule has 0 aromatic carbocycles. The van der Waals surface area contributed by atoms with Crippen molar-refractivity contribution in [2.45, 2.75) is 44.6 Å². The Bertz CT molecular complexity index is 162. The zero-order valence-corrected chi connectivity index (χ0v) is 9.65. The van der Waals surface area contributed by atoms with Crippen molar-refractivity contribution in [2.75, 3.05) is 0 Å². The van der Waals surface area contributed by atoms with Crippen molar-refractivity contribution < 1.29 is 4.79 Å². The van der Waals surface area contributed by atoms with Gasteiger partial charge in [0.25, 0.3) is 0 Å². The van der Waals surface area contributed by atoms with Crippen LogP contribution < -0.4 is 11.3 Å². The highest BCUT2D eigenvalue weighted by Gasteiger charge is 2.23. The van der Waals surface area contributed by atoms with Crippen LogP contribution in [0.4, 0.5) is 0 Å². The first-order valence-electron chi connectivity index (χ1n) is 4.68. The van der Waals surface area contributed by atoms with Gasteiger partial charge in [0.2, 0.25) is 5.91 Å². The monoisotopic (exact) mass is 204 g/mol. The van der Waals surface area contributed by atoms with E-state index in [9.17, 15) is 4.79 Å². The highest BCUT2D eigenvalue weighted by Crippen LogP contribution is 2.25. The number of carbonyl (C=O) groups excluding carboxylic acids is 1. The lowest BCUT2D eigenvalue weighted by atomic mass is 10.1. The Labute approximate surface area is 84.8 Å². The van der Waals surface area contributed by atoms with Gasteiger partial charge in [-0.3, -0.25) is 10.2 Å². The molecule has 0 aliphatic rings. The molecule has 0 aromatic heterocycles. The summed E-state index contributed by atoms with van der Waals surface area (Å²) in [6.45, 7) is 8.32. The maximum Gasteiger partial charge on any atom is 0.247 e. The summed E-state index contributed by atoms with van der Waals surface area (Å²) in [5.41, 5.74) is 2.22. The highest BCUT2D eigenvalue weighted by atomic mass is 32.2. The lowest BCUT2D eigenvalue weighted by Crippen LogP contribution is -2.40. The van der Waals surface area contributed by atoms with Crippen molar-refractivity contribution in [3.05, 3.63) is 0 Å². The largest absolute Gasteiger partial charge is 0.293 e. The first-order chi connectivity index (χ1) is 6.02. The first-order valence-corrected chi connectivity index (χ1v) is 5.63. The van der Waals surface area contributed by atoms with E-state index in [4.69, 9.17) is 5.84 Å². The smallest absolute Gasteiger partial charge is 0.247 e. The normalized spacial score (nSPS) is 15.5. The summed E-state index contributed by atoms with van der Waals surface area (Å²) in [5, 5.41) is 0.477. The minimum absolute atomic E-state index is 0.0278. The Kier molecular flexibility index (Phi) is 6.16. The Hall–Kier alpha value is -0.220. The molecule has 2 unspecified atom stereocenters. The van der Waals surface area contributed by atoms with E-state index in [-0.39, 0.29) is 11.2 Å². The molecule has 2 atom stereocenters. The zero-order chi connectivity index (χ0) is 10.4. The molecule has 3 N–H and O–H groups in total. The molecule has 0 saturated carbocycles. The molecule has 0 aromatic rings. The van der Waals surface area contributed by atoms with Crippen molar-refractivity contribution in [3.63, 3.8) is 0 Å². The Morgan fingerprint density at radius 2 is 2.00 bits per heavy atom. The Balaban J connectivity index is 4.18. The summed E-state index contributed by atoms with van der Waals surface area (Å²) in [6, 6.07) is 0. The summed E-state index contributed by atoms with van der Waals surface area (Å²) in [7, 11) is 0. The van der Waals surface area contributed by atoms with E-state index in [0.29, 0.717) is 11.2 Å². The fourth-order valence-electron chi connectivity index (χ4n) is 0.950. The predicted octanol–water partition coefficient (Wildman–Crippen LogP) is 1.53. The van der Waals surface area contributed by atoms with Gasteiger partial charge in [-0.25, -0.2) is 5.84 Å². The van der Waals surface area contributed by atoms with Crippen LogP contribution in [0, 0.1) is 5.92 Å². The molecule has 3 nitrogen and oxygen atoms in total. The number of nitrogens with one attached hydrogen (secondary N) is 1. The molecule has 13 heavy (non-hydrogen) atoms. The van der Waals surface area contributed by atoms with Crippen molar-refractivity contribution in [2.24, 2.45) is 11.8 Å². The number of rotatable bonds is 5. The summed E-state index contributed by atoms with van der Waals surface area (Å²) in [6.07, 6.45) is 1.08. The fraction of sp³-hybridized carbons (Fsp3) is 0.889. The third-order valence-corrected chi connectivity index (χ3v) is 3.81. The van der Waals surface area contributed by atoms with Gasteiger partial charge in [0.1, 0.15) is 0 Å². The molecule has 0 bridgehead atoms. The Morgan fingerprint density at radius 1 is 1.46 bits per heavy atom. The van der Waals surface area contributed by atoms with Crippen LogP contribution in [0.1, 0.15) is 34.1 Å². The van der Waals surface area contributed by atoms with Crippen molar-refractivity contribution in [1.82, 2.24) is 5.43 Å². The van der Waals surface area contributed by atoms with Crippen molar-refractivity contribution in [1.29, 1.82) is 0 Å². The number of hydrogen-bond acceptors (Lipinski definition) is 3. The summed E-state index contributed by atoms with van der Waals surface area (Å²) < 4.78 is 0. The van der Waals surface area contributed by atoms with Crippen LogP contribution in [0.15, 0.2) is 0 Å². The maximum absolute atomic E-state index is 11.3. The van der Waals surface area contributed by atoms with Crippen LogP contribution in [0.25, 0.3) is 0 Å². The summed E-state index contributed by atoms with van der Waals surface area (Å²) in [4.78, 5) is 11.3. The van der Waals surface area contributed by atoms with Crippen molar-refractivity contribution >= 4 is 17.7 Å². The average Bonchev–Trinajstić information content (AvgIpc) is 2.11. The van der Waals surface area contributed by atoms with Gasteiger partial charge in [-0.15, -0.1) is 11.8 Å². The highest BCUT2D eigenvalue weighted by molar-refractivity contribution is 8.01. The molecular weight excluding hydrogens is 184 g/mol. The van der Waals surface area contributed by atoms with Gasteiger partial charge in [-0.1, -0.05) is 27.7 Å². The van der Waals surface area contributed by atoms with Crippen LogP contribution in [-0.2, 0) is 4.79 Å². The Morgan fingerprint density at radius 3 is 2.31 bits per heavy atom. The molecule has 0 heterocycles. The second-order valence-electron chi connectivity index (χ2n) is 3.53. The number of carbonyl (C=O) groups is 1.